The molecule has 1 saturated carbocycles. The molecule has 1 N–H and O–H groups in total. The van der Waals surface area contributed by atoms with E-state index in [1.54, 1.807) is 29.6 Å². The fraction of sp³-hybridized carbons (Fsp3) is 0.200. The number of aryl methyl sites for hydroxylation is 1. The predicted octanol–water partition coefficient (Wildman–Crippen LogP) is 4.69. The Morgan fingerprint density at radius 3 is 2.74 bits per heavy atom. The molecule has 4 heterocycles. The molecule has 35 heavy (non-hydrogen) atoms. The third kappa shape index (κ3) is 4.01. The number of amides is 1. The van der Waals surface area contributed by atoms with Gasteiger partial charge in [-0.25, -0.2) is 15.0 Å². The summed E-state index contributed by atoms with van der Waals surface area (Å²) in [5, 5.41) is 10.3. The van der Waals surface area contributed by atoms with Crippen molar-refractivity contribution < 1.29 is 9.53 Å². The highest BCUT2D eigenvalue weighted by Crippen LogP contribution is 2.39. The fourth-order valence-corrected chi connectivity index (χ4v) is 4.64. The van der Waals surface area contributed by atoms with Gasteiger partial charge >= 0.3 is 0 Å². The summed E-state index contributed by atoms with van der Waals surface area (Å²) in [6.07, 6.45) is 7.38. The molecule has 1 fully saturated rings. The molecule has 0 aliphatic heterocycles. The smallest absolute Gasteiger partial charge is 0.257 e. The summed E-state index contributed by atoms with van der Waals surface area (Å²) in [5.41, 5.74) is 7.54. The first-order valence-corrected chi connectivity index (χ1v) is 12.1. The molecule has 1 aliphatic rings. The molecule has 0 unspecified atom stereocenters. The molecule has 0 bridgehead atoms. The average Bonchev–Trinajstić information content (AvgIpc) is 3.44. The number of aromatic nitrogens is 6. The summed E-state index contributed by atoms with van der Waals surface area (Å²) in [5.74, 6) is 0.775. The first kappa shape index (κ1) is 21.4. The Morgan fingerprint density at radius 1 is 1.14 bits per heavy atom. The third-order valence-electron chi connectivity index (χ3n) is 6.01. The third-order valence-corrected chi connectivity index (χ3v) is 6.59. The molecule has 6 rings (SSSR count). The zero-order chi connectivity index (χ0) is 23.9. The monoisotopic (exact) mass is 483 g/mol. The van der Waals surface area contributed by atoms with Crippen LogP contribution in [0.5, 0.6) is 5.75 Å². The number of carbonyl (C=O) groups excluding carboxylic acids is 1. The van der Waals surface area contributed by atoms with E-state index in [0.29, 0.717) is 34.1 Å². The second kappa shape index (κ2) is 8.55. The van der Waals surface area contributed by atoms with Gasteiger partial charge in [-0.15, -0.1) is 11.3 Å². The van der Waals surface area contributed by atoms with E-state index in [4.69, 9.17) is 4.74 Å². The van der Waals surface area contributed by atoms with E-state index in [0.717, 1.165) is 28.0 Å². The van der Waals surface area contributed by atoms with Crippen molar-refractivity contribution in [1.29, 1.82) is 0 Å². The molecule has 5 aromatic rings. The van der Waals surface area contributed by atoms with Crippen LogP contribution in [0.15, 0.2) is 53.9 Å². The van der Waals surface area contributed by atoms with Gasteiger partial charge in [0.2, 0.25) is 0 Å². The molecule has 1 aromatic carbocycles. The SMILES string of the molecule is COc1cc2ncnc(-c3cn(C)nc3-c3cscn3)c2cc1NC(=O)c1ccc(C2CC2)nc1. The van der Waals surface area contributed by atoms with E-state index < -0.39 is 0 Å². The number of hydrogen-bond donors (Lipinski definition) is 1. The van der Waals surface area contributed by atoms with E-state index >= 15 is 0 Å². The van der Waals surface area contributed by atoms with Crippen LogP contribution in [0.4, 0.5) is 5.69 Å². The maximum absolute atomic E-state index is 13.0. The average molecular weight is 484 g/mol. The summed E-state index contributed by atoms with van der Waals surface area (Å²) >= 11 is 1.51. The Hall–Kier alpha value is -4.18. The van der Waals surface area contributed by atoms with Crippen LogP contribution >= 0.6 is 11.3 Å². The number of benzene rings is 1. The Labute approximate surface area is 204 Å². The largest absolute Gasteiger partial charge is 0.494 e. The van der Waals surface area contributed by atoms with Crippen molar-refractivity contribution in [3.63, 3.8) is 0 Å². The number of nitrogens with zero attached hydrogens (tertiary/aromatic N) is 6. The summed E-state index contributed by atoms with van der Waals surface area (Å²) in [7, 11) is 3.42. The van der Waals surface area contributed by atoms with Crippen molar-refractivity contribution in [2.45, 2.75) is 18.8 Å². The van der Waals surface area contributed by atoms with Gasteiger partial charge in [0.25, 0.3) is 5.91 Å². The molecule has 4 aromatic heterocycles. The number of anilines is 1. The topological polar surface area (TPSA) is 108 Å². The number of nitrogens with one attached hydrogen (secondary N) is 1. The van der Waals surface area contributed by atoms with Gasteiger partial charge in [-0.05, 0) is 31.0 Å². The molecule has 1 amide bonds. The molecular weight excluding hydrogens is 462 g/mol. The Morgan fingerprint density at radius 2 is 2.03 bits per heavy atom. The molecule has 0 spiro atoms. The minimum atomic E-state index is -0.263. The summed E-state index contributed by atoms with van der Waals surface area (Å²) in [6, 6.07) is 7.38. The second-order valence-electron chi connectivity index (χ2n) is 8.43. The van der Waals surface area contributed by atoms with E-state index in [1.165, 1.54) is 30.5 Å². The van der Waals surface area contributed by atoms with Gasteiger partial charge in [0.1, 0.15) is 23.5 Å². The highest BCUT2D eigenvalue weighted by Gasteiger charge is 2.25. The molecule has 1 aliphatic carbocycles. The number of hydrogen-bond acceptors (Lipinski definition) is 8. The number of carbonyl (C=O) groups is 1. The maximum Gasteiger partial charge on any atom is 0.257 e. The second-order valence-corrected chi connectivity index (χ2v) is 9.15. The number of rotatable bonds is 6. The van der Waals surface area contributed by atoms with Crippen molar-refractivity contribution in [2.75, 3.05) is 12.4 Å². The van der Waals surface area contributed by atoms with Crippen LogP contribution in [0.3, 0.4) is 0 Å². The molecule has 0 atom stereocenters. The lowest BCUT2D eigenvalue weighted by Crippen LogP contribution is -2.13. The summed E-state index contributed by atoms with van der Waals surface area (Å²) in [4.78, 5) is 30.9. The van der Waals surface area contributed by atoms with Crippen molar-refractivity contribution >= 4 is 33.8 Å². The van der Waals surface area contributed by atoms with Crippen molar-refractivity contribution in [3.8, 4) is 28.4 Å². The zero-order valence-electron chi connectivity index (χ0n) is 19.1. The lowest BCUT2D eigenvalue weighted by atomic mass is 10.0. The van der Waals surface area contributed by atoms with Gasteiger partial charge in [-0.3, -0.25) is 14.5 Å². The summed E-state index contributed by atoms with van der Waals surface area (Å²) in [6.45, 7) is 0. The minimum absolute atomic E-state index is 0.263. The van der Waals surface area contributed by atoms with Gasteiger partial charge < -0.3 is 10.1 Å². The van der Waals surface area contributed by atoms with Crippen LogP contribution in [0.2, 0.25) is 0 Å². The first-order valence-electron chi connectivity index (χ1n) is 11.1. The molecule has 0 saturated heterocycles. The van der Waals surface area contributed by atoms with Crippen molar-refractivity contribution in [1.82, 2.24) is 29.7 Å². The molecular formula is C25H21N7O2S. The molecule has 10 heteroatoms. The highest BCUT2D eigenvalue weighted by atomic mass is 32.1. The highest BCUT2D eigenvalue weighted by molar-refractivity contribution is 7.07. The van der Waals surface area contributed by atoms with Gasteiger partial charge in [-0.1, -0.05) is 0 Å². The lowest BCUT2D eigenvalue weighted by molar-refractivity contribution is 0.102. The van der Waals surface area contributed by atoms with Crippen molar-refractivity contribution in [2.24, 2.45) is 7.05 Å². The Balaban J connectivity index is 1.41. The Kier molecular flexibility index (Phi) is 5.22. The number of ether oxygens (including phenoxy) is 1. The van der Waals surface area contributed by atoms with Crippen LogP contribution in [0, 0.1) is 0 Å². The van der Waals surface area contributed by atoms with E-state index in [-0.39, 0.29) is 5.91 Å². The van der Waals surface area contributed by atoms with E-state index in [2.05, 4.69) is 30.4 Å². The number of fused-ring (bicyclic) bond motifs is 1. The quantitative estimate of drug-likeness (QED) is 0.373. The van der Waals surface area contributed by atoms with Gasteiger partial charge in [0.05, 0.1) is 35.1 Å². The normalized spacial score (nSPS) is 13.2. The predicted molar refractivity (Wildman–Crippen MR) is 134 cm³/mol. The lowest BCUT2D eigenvalue weighted by Gasteiger charge is -2.13. The van der Waals surface area contributed by atoms with Crippen LogP contribution in [0.1, 0.15) is 34.8 Å². The van der Waals surface area contributed by atoms with Gasteiger partial charge in [0, 0.05) is 53.4 Å². The van der Waals surface area contributed by atoms with Crippen LogP contribution in [-0.2, 0) is 7.05 Å². The maximum atomic E-state index is 13.0. The first-order chi connectivity index (χ1) is 17.1. The number of methoxy groups -OCH3 is 1. The van der Waals surface area contributed by atoms with Crippen molar-refractivity contribution in [3.05, 3.63) is 65.1 Å². The summed E-state index contributed by atoms with van der Waals surface area (Å²) < 4.78 is 7.30. The van der Waals surface area contributed by atoms with Crippen LogP contribution in [0.25, 0.3) is 33.5 Å². The number of pyridine rings is 1. The minimum Gasteiger partial charge on any atom is -0.494 e. The molecule has 174 valence electrons. The molecule has 0 radical (unpaired) electrons. The molecule has 9 nitrogen and oxygen atoms in total. The van der Waals surface area contributed by atoms with E-state index in [9.17, 15) is 4.79 Å². The van der Waals surface area contributed by atoms with E-state index in [1.807, 2.05) is 36.8 Å². The van der Waals surface area contributed by atoms with Gasteiger partial charge in [-0.2, -0.15) is 5.10 Å². The fourth-order valence-electron chi connectivity index (χ4n) is 4.10. The standard InChI is InChI=1S/C25H21N7O2S/c1-32-10-17(24(31-32)21-11-35-13-29-21)23-16-7-20(22(34-2)8-19(16)27-12-28-23)30-25(33)15-5-6-18(26-9-15)14-3-4-14/h5-14H,3-4H2,1-2H3,(H,30,33). The Bertz CT molecular complexity index is 1540. The van der Waals surface area contributed by atoms with Crippen LogP contribution in [-0.4, -0.2) is 42.7 Å². The number of thiazole rings is 1. The van der Waals surface area contributed by atoms with Gasteiger partial charge in [0.15, 0.2) is 0 Å². The van der Waals surface area contributed by atoms with Crippen LogP contribution < -0.4 is 10.1 Å². The zero-order valence-corrected chi connectivity index (χ0v) is 19.9.